The van der Waals surface area contributed by atoms with Crippen molar-refractivity contribution in [3.8, 4) is 0 Å². The number of rotatable bonds is 3. The van der Waals surface area contributed by atoms with Crippen LogP contribution in [0, 0.1) is 21.7 Å². The Hall–Kier alpha value is -2.14. The molecule has 1 heterocycles. The number of amides is 1. The highest BCUT2D eigenvalue weighted by Gasteiger charge is 2.39. The molecule has 1 atom stereocenters. The fourth-order valence-electron chi connectivity index (χ4n) is 2.03. The molecule has 0 radical (unpaired) electrons. The minimum atomic E-state index is -4.04. The molecule has 8 nitrogen and oxygen atoms in total. The van der Waals surface area contributed by atoms with Gasteiger partial charge in [-0.25, -0.2) is 22.3 Å². The zero-order valence-corrected chi connectivity index (χ0v) is 11.1. The number of carbonyl (C=O) groups excluding carboxylic acids is 1. The molecule has 0 aliphatic carbocycles. The van der Waals surface area contributed by atoms with Crippen molar-refractivity contribution in [3.05, 3.63) is 33.9 Å². The Bertz CT molecular complexity index is 713. The lowest BCUT2D eigenvalue weighted by Crippen LogP contribution is -2.32. The number of non-ortho nitro benzene ring substituents is 1. The molecule has 1 fully saturated rings. The fraction of sp³-hybridized carbons (Fsp3) is 0.300. The Labute approximate surface area is 117 Å². The number of nitrogens with two attached hydrogens (primary N) is 1. The zero-order chi connectivity index (χ0) is 15.9. The summed E-state index contributed by atoms with van der Waals surface area (Å²) in [6, 6.07) is 0.909. The largest absolute Gasteiger partial charge is 0.306 e. The van der Waals surface area contributed by atoms with Gasteiger partial charge in [0, 0.05) is 13.0 Å². The molecule has 1 amide bonds. The van der Waals surface area contributed by atoms with Gasteiger partial charge in [-0.15, -0.1) is 0 Å². The first kappa shape index (κ1) is 15.3. The van der Waals surface area contributed by atoms with Gasteiger partial charge in [-0.05, 0) is 0 Å². The predicted octanol–water partition coefficient (Wildman–Crippen LogP) is 0.267. The van der Waals surface area contributed by atoms with Gasteiger partial charge in [0.1, 0.15) is 10.9 Å². The smallest absolute Gasteiger partial charge is 0.275 e. The van der Waals surface area contributed by atoms with E-state index in [2.05, 4.69) is 0 Å². The van der Waals surface area contributed by atoms with Gasteiger partial charge in [-0.1, -0.05) is 0 Å². The van der Waals surface area contributed by atoms with Gasteiger partial charge >= 0.3 is 0 Å². The summed E-state index contributed by atoms with van der Waals surface area (Å²) in [5.74, 6) is -3.49. The second-order valence-electron chi connectivity index (χ2n) is 4.43. The number of benzene rings is 1. The van der Waals surface area contributed by atoms with Crippen LogP contribution in [0.3, 0.4) is 0 Å². The van der Waals surface area contributed by atoms with Crippen molar-refractivity contribution in [2.24, 2.45) is 5.14 Å². The maximum absolute atomic E-state index is 13.8. The molecule has 21 heavy (non-hydrogen) atoms. The Balaban J connectivity index is 2.44. The van der Waals surface area contributed by atoms with Crippen LogP contribution in [0.25, 0.3) is 0 Å². The molecule has 0 aromatic heterocycles. The van der Waals surface area contributed by atoms with E-state index in [0.29, 0.717) is 17.0 Å². The van der Waals surface area contributed by atoms with E-state index in [1.165, 1.54) is 0 Å². The topological polar surface area (TPSA) is 124 Å². The molecule has 11 heteroatoms. The number of anilines is 1. The average Bonchev–Trinajstić information content (AvgIpc) is 2.70. The number of hydrogen-bond donors (Lipinski definition) is 1. The van der Waals surface area contributed by atoms with Crippen molar-refractivity contribution >= 4 is 27.3 Å². The Morgan fingerprint density at radius 1 is 1.33 bits per heavy atom. The summed E-state index contributed by atoms with van der Waals surface area (Å²) in [6.45, 7) is -0.511. The number of primary sulfonamides is 1. The van der Waals surface area contributed by atoms with Gasteiger partial charge in [-0.2, -0.15) is 0 Å². The molecule has 2 rings (SSSR count). The normalized spacial score (nSPS) is 19.1. The van der Waals surface area contributed by atoms with Gasteiger partial charge in [0.15, 0.2) is 11.6 Å². The van der Waals surface area contributed by atoms with E-state index in [0.717, 1.165) is 0 Å². The van der Waals surface area contributed by atoms with Gasteiger partial charge in [0.2, 0.25) is 15.9 Å². The van der Waals surface area contributed by atoms with Gasteiger partial charge in [-0.3, -0.25) is 14.9 Å². The van der Waals surface area contributed by atoms with Gasteiger partial charge in [0.05, 0.1) is 17.1 Å². The summed E-state index contributed by atoms with van der Waals surface area (Å²) < 4.78 is 50.0. The average molecular weight is 321 g/mol. The van der Waals surface area contributed by atoms with E-state index in [-0.39, 0.29) is 0 Å². The van der Waals surface area contributed by atoms with Crippen molar-refractivity contribution < 1.29 is 26.9 Å². The van der Waals surface area contributed by atoms with Crippen LogP contribution < -0.4 is 10.0 Å². The molecule has 114 valence electrons. The van der Waals surface area contributed by atoms with Crippen LogP contribution in [0.5, 0.6) is 0 Å². The summed E-state index contributed by atoms with van der Waals surface area (Å²) in [5, 5.41) is 14.1. The summed E-state index contributed by atoms with van der Waals surface area (Å²) >= 11 is 0. The molecule has 1 aliphatic rings. The molecule has 1 saturated heterocycles. The first-order valence-corrected chi connectivity index (χ1v) is 7.17. The highest BCUT2D eigenvalue weighted by atomic mass is 32.2. The summed E-state index contributed by atoms with van der Waals surface area (Å²) in [6.07, 6.45) is -0.505. The Kier molecular flexibility index (Phi) is 3.63. The molecule has 2 N–H and O–H groups in total. The molecule has 0 bridgehead atoms. The summed E-state index contributed by atoms with van der Waals surface area (Å²) in [4.78, 5) is 21.8. The van der Waals surface area contributed by atoms with Gasteiger partial charge in [0.25, 0.3) is 5.69 Å². The minimum absolute atomic E-state index is 0.454. The third-order valence-corrected chi connectivity index (χ3v) is 4.28. The minimum Gasteiger partial charge on any atom is -0.306 e. The number of nitrogens with zero attached hydrogens (tertiary/aromatic N) is 2. The van der Waals surface area contributed by atoms with E-state index in [1.54, 1.807) is 0 Å². The van der Waals surface area contributed by atoms with Crippen LogP contribution in [0.2, 0.25) is 0 Å². The molecule has 0 saturated carbocycles. The number of nitro benzene ring substituents is 1. The van der Waals surface area contributed by atoms with Crippen molar-refractivity contribution in [2.75, 3.05) is 11.4 Å². The number of halogens is 2. The molecular formula is C10H9F2N3O5S. The number of sulfonamides is 1. The van der Waals surface area contributed by atoms with Crippen LogP contribution in [-0.4, -0.2) is 31.0 Å². The number of hydrogen-bond acceptors (Lipinski definition) is 5. The fourth-order valence-corrected chi connectivity index (χ4v) is 2.76. The van der Waals surface area contributed by atoms with Crippen molar-refractivity contribution in [1.82, 2.24) is 0 Å². The lowest BCUT2D eigenvalue weighted by Gasteiger charge is -2.17. The summed E-state index contributed by atoms with van der Waals surface area (Å²) in [7, 11) is -4.04. The maximum atomic E-state index is 13.8. The standard InChI is InChI=1S/C10H9F2N3O5S/c11-7-1-5(15(17)18)2-8(12)10(7)14-4-6(3-9(14)16)21(13,19)20/h1-2,6H,3-4H2,(H2,13,19,20). The third kappa shape index (κ3) is 2.83. The number of nitro groups is 1. The van der Waals surface area contributed by atoms with E-state index in [4.69, 9.17) is 5.14 Å². The second kappa shape index (κ2) is 5.00. The second-order valence-corrected chi connectivity index (χ2v) is 6.28. The third-order valence-electron chi connectivity index (χ3n) is 3.04. The molecular weight excluding hydrogens is 312 g/mol. The molecule has 1 aliphatic heterocycles. The molecule has 0 spiro atoms. The van der Waals surface area contributed by atoms with Crippen LogP contribution in [-0.2, 0) is 14.8 Å². The van der Waals surface area contributed by atoms with Gasteiger partial charge < -0.3 is 4.90 Å². The van der Waals surface area contributed by atoms with E-state index in [9.17, 15) is 32.1 Å². The SMILES string of the molecule is NS(=O)(=O)C1CC(=O)N(c2c(F)cc([N+](=O)[O-])cc2F)C1. The van der Waals surface area contributed by atoms with E-state index >= 15 is 0 Å². The summed E-state index contributed by atoms with van der Waals surface area (Å²) in [5.41, 5.74) is -1.64. The first-order valence-electron chi connectivity index (χ1n) is 5.56. The predicted molar refractivity (Wildman–Crippen MR) is 66.9 cm³/mol. The lowest BCUT2D eigenvalue weighted by molar-refractivity contribution is -0.385. The highest BCUT2D eigenvalue weighted by Crippen LogP contribution is 2.32. The van der Waals surface area contributed by atoms with Crippen LogP contribution in [0.1, 0.15) is 6.42 Å². The Morgan fingerprint density at radius 2 is 1.86 bits per heavy atom. The quantitative estimate of drug-likeness (QED) is 0.632. The molecule has 1 aromatic rings. The zero-order valence-electron chi connectivity index (χ0n) is 10.3. The highest BCUT2D eigenvalue weighted by molar-refractivity contribution is 7.89. The first-order chi connectivity index (χ1) is 9.61. The van der Waals surface area contributed by atoms with Crippen LogP contribution in [0.4, 0.5) is 20.2 Å². The van der Waals surface area contributed by atoms with E-state index in [1.807, 2.05) is 0 Å². The Morgan fingerprint density at radius 3 is 2.24 bits per heavy atom. The van der Waals surface area contributed by atoms with E-state index < -0.39 is 62.1 Å². The maximum Gasteiger partial charge on any atom is 0.275 e. The van der Waals surface area contributed by atoms with Crippen molar-refractivity contribution in [2.45, 2.75) is 11.7 Å². The monoisotopic (exact) mass is 321 g/mol. The molecule has 1 unspecified atom stereocenters. The van der Waals surface area contributed by atoms with Crippen LogP contribution in [0.15, 0.2) is 12.1 Å². The van der Waals surface area contributed by atoms with Crippen molar-refractivity contribution in [1.29, 1.82) is 0 Å². The van der Waals surface area contributed by atoms with Crippen LogP contribution >= 0.6 is 0 Å². The molecule has 1 aromatic carbocycles. The number of carbonyl (C=O) groups is 1. The lowest BCUT2D eigenvalue weighted by atomic mass is 10.2. The van der Waals surface area contributed by atoms with Crippen molar-refractivity contribution in [3.63, 3.8) is 0 Å².